The van der Waals surface area contributed by atoms with E-state index in [1.807, 2.05) is 84.9 Å². The molecule has 0 spiro atoms. The Bertz CT molecular complexity index is 3150. The molecule has 1 heteroatoms. The van der Waals surface area contributed by atoms with E-state index in [0.717, 1.165) is 33.4 Å². The van der Waals surface area contributed by atoms with Gasteiger partial charge in [-0.05, 0) is 90.1 Å². The monoisotopic (exact) mass is 606 g/mol. The standard InChI is InChI=1S/C46H30O/c1-2-11-29(12-3-1)31-21-22-33-28-34(24-23-32(33)27-31)43-36-15-6-8-17-38(36)44(39-18-9-7-16-37(39)43)40-19-10-20-42-45(40)41-26-25-30-13-4-5-14-35(30)46(41)47-42/h1-11,13-29H,12H2/i6D,7D,8D,9D,15D,16D,17D,18D. The maximum atomic E-state index is 9.45. The molecule has 0 radical (unpaired) electrons. The van der Waals surface area contributed by atoms with Crippen molar-refractivity contribution in [2.45, 2.75) is 12.3 Å². The highest BCUT2D eigenvalue weighted by Crippen LogP contribution is 2.47. The Kier molecular flexibility index (Phi) is 4.29. The minimum Gasteiger partial charge on any atom is -0.455 e. The Labute approximate surface area is 283 Å². The maximum absolute atomic E-state index is 9.45. The highest BCUT2D eigenvalue weighted by Gasteiger charge is 2.21. The van der Waals surface area contributed by atoms with Gasteiger partial charge in [0.2, 0.25) is 0 Å². The maximum Gasteiger partial charge on any atom is 0.143 e. The van der Waals surface area contributed by atoms with Crippen LogP contribution in [-0.2, 0) is 0 Å². The van der Waals surface area contributed by atoms with E-state index in [-0.39, 0.29) is 51.6 Å². The first-order valence-electron chi connectivity index (χ1n) is 19.8. The molecule has 1 aromatic heterocycles. The zero-order valence-electron chi connectivity index (χ0n) is 33.2. The van der Waals surface area contributed by atoms with Crippen molar-refractivity contribution in [2.75, 3.05) is 0 Å². The van der Waals surface area contributed by atoms with E-state index in [1.165, 1.54) is 5.56 Å². The van der Waals surface area contributed by atoms with Crippen LogP contribution in [0.2, 0.25) is 0 Å². The average Bonchev–Trinajstić information content (AvgIpc) is 3.62. The average molecular weight is 607 g/mol. The second-order valence-corrected chi connectivity index (χ2v) is 12.2. The molecule has 1 atom stereocenters. The molecule has 220 valence electrons. The van der Waals surface area contributed by atoms with Crippen molar-refractivity contribution in [2.24, 2.45) is 0 Å². The Morgan fingerprint density at radius 3 is 2.09 bits per heavy atom. The second-order valence-electron chi connectivity index (χ2n) is 12.2. The summed E-state index contributed by atoms with van der Waals surface area (Å²) in [7, 11) is 0. The third kappa shape index (κ3) is 4.03. The molecule has 1 unspecified atom stereocenters. The lowest BCUT2D eigenvalue weighted by molar-refractivity contribution is 0.673. The summed E-state index contributed by atoms with van der Waals surface area (Å²) in [6.45, 7) is 0. The molecular formula is C46H30O. The summed E-state index contributed by atoms with van der Waals surface area (Å²) < 4.78 is 79.7. The van der Waals surface area contributed by atoms with Crippen LogP contribution in [0.1, 0.15) is 28.9 Å². The van der Waals surface area contributed by atoms with Crippen LogP contribution >= 0.6 is 0 Å². The van der Waals surface area contributed by atoms with E-state index in [4.69, 9.17) is 9.90 Å². The Morgan fingerprint density at radius 1 is 0.574 bits per heavy atom. The van der Waals surface area contributed by atoms with Gasteiger partial charge in [0.25, 0.3) is 0 Å². The lowest BCUT2D eigenvalue weighted by atomic mass is 9.84. The van der Waals surface area contributed by atoms with Gasteiger partial charge >= 0.3 is 0 Å². The third-order valence-electron chi connectivity index (χ3n) is 9.59. The molecule has 1 heterocycles. The van der Waals surface area contributed by atoms with Gasteiger partial charge in [0.1, 0.15) is 11.2 Å². The van der Waals surface area contributed by atoms with Crippen LogP contribution in [0, 0.1) is 0 Å². The van der Waals surface area contributed by atoms with Crippen LogP contribution in [-0.4, -0.2) is 0 Å². The Morgan fingerprint density at radius 2 is 1.30 bits per heavy atom. The molecule has 1 aliphatic rings. The molecule has 1 nitrogen and oxygen atoms in total. The summed E-state index contributed by atoms with van der Waals surface area (Å²) in [5.74, 6) is 0.261. The van der Waals surface area contributed by atoms with Gasteiger partial charge in [-0.1, -0.05) is 145 Å². The Balaban J connectivity index is 1.38. The van der Waals surface area contributed by atoms with Gasteiger partial charge < -0.3 is 4.42 Å². The molecule has 47 heavy (non-hydrogen) atoms. The van der Waals surface area contributed by atoms with Crippen LogP contribution in [0.4, 0.5) is 0 Å². The van der Waals surface area contributed by atoms with Gasteiger partial charge in [-0.2, -0.15) is 0 Å². The minimum absolute atomic E-state index is 0.175. The van der Waals surface area contributed by atoms with Crippen molar-refractivity contribution >= 4 is 65.0 Å². The molecule has 0 saturated carbocycles. The fourth-order valence-corrected chi connectivity index (χ4v) is 7.42. The first-order chi connectivity index (χ1) is 26.6. The van der Waals surface area contributed by atoms with Crippen LogP contribution in [0.3, 0.4) is 0 Å². The number of hydrogen-bond acceptors (Lipinski definition) is 1. The number of furan rings is 1. The number of benzene rings is 8. The Hall–Kier alpha value is -5.92. The fraction of sp³-hybridized carbons (Fsp3) is 0.0435. The van der Waals surface area contributed by atoms with Crippen LogP contribution in [0.5, 0.6) is 0 Å². The van der Waals surface area contributed by atoms with Crippen molar-refractivity contribution in [1.82, 2.24) is 0 Å². The van der Waals surface area contributed by atoms with Crippen LogP contribution < -0.4 is 0 Å². The van der Waals surface area contributed by atoms with Gasteiger partial charge in [0.05, 0.1) is 11.0 Å². The van der Waals surface area contributed by atoms with Crippen molar-refractivity contribution in [1.29, 1.82) is 0 Å². The number of hydrogen-bond donors (Lipinski definition) is 0. The number of rotatable bonds is 3. The summed E-state index contributed by atoms with van der Waals surface area (Å²) in [5, 5.41) is 5.97. The molecule has 10 rings (SSSR count). The highest BCUT2D eigenvalue weighted by atomic mass is 16.3. The summed E-state index contributed by atoms with van der Waals surface area (Å²) in [5.41, 5.74) is 4.13. The molecule has 0 bridgehead atoms. The third-order valence-corrected chi connectivity index (χ3v) is 9.59. The molecule has 1 aliphatic carbocycles. The normalized spacial score (nSPS) is 17.1. The SMILES string of the molecule is [2H]c1c([2H])c([2H])c2c(-c3cccc4oc5c6ccccc6ccc5c34)c3c([2H])c([2H])c([2H])c([2H])c3c(-c3ccc4cc(C5C=CC=CC5)ccc4c3)c2c1[2H]. The van der Waals surface area contributed by atoms with Crippen molar-refractivity contribution < 1.29 is 15.4 Å². The highest BCUT2D eigenvalue weighted by molar-refractivity contribution is 6.27. The van der Waals surface area contributed by atoms with Gasteiger partial charge in [-0.3, -0.25) is 0 Å². The predicted octanol–water partition coefficient (Wildman–Crippen LogP) is 13.1. The van der Waals surface area contributed by atoms with Crippen LogP contribution in [0.15, 0.2) is 168 Å². The zero-order valence-corrected chi connectivity index (χ0v) is 25.2. The van der Waals surface area contributed by atoms with E-state index in [2.05, 4.69) is 30.4 Å². The summed E-state index contributed by atoms with van der Waals surface area (Å²) >= 11 is 0. The zero-order chi connectivity index (χ0) is 37.9. The quantitative estimate of drug-likeness (QED) is 0.182. The first-order valence-corrected chi connectivity index (χ1v) is 15.8. The van der Waals surface area contributed by atoms with Crippen LogP contribution in [0.25, 0.3) is 87.3 Å². The molecule has 0 aliphatic heterocycles. The molecular weight excluding hydrogens is 569 g/mol. The van der Waals surface area contributed by atoms with Gasteiger partial charge in [-0.25, -0.2) is 0 Å². The molecule has 0 amide bonds. The lowest BCUT2D eigenvalue weighted by Gasteiger charge is -2.19. The van der Waals surface area contributed by atoms with Gasteiger partial charge in [0, 0.05) is 22.1 Å². The van der Waals surface area contributed by atoms with E-state index in [9.17, 15) is 5.48 Å². The summed E-state index contributed by atoms with van der Waals surface area (Å²) in [6.07, 6.45) is 9.35. The lowest BCUT2D eigenvalue weighted by Crippen LogP contribution is -1.96. The van der Waals surface area contributed by atoms with E-state index in [1.54, 1.807) is 0 Å². The van der Waals surface area contributed by atoms with E-state index in [0.29, 0.717) is 38.8 Å². The van der Waals surface area contributed by atoms with Crippen molar-refractivity contribution in [3.8, 4) is 22.3 Å². The largest absolute Gasteiger partial charge is 0.455 e. The summed E-state index contributed by atoms with van der Waals surface area (Å²) in [4.78, 5) is 0. The topological polar surface area (TPSA) is 13.1 Å². The van der Waals surface area contributed by atoms with E-state index >= 15 is 0 Å². The smallest absolute Gasteiger partial charge is 0.143 e. The second kappa shape index (κ2) is 10.3. The fourth-order valence-electron chi connectivity index (χ4n) is 7.42. The molecule has 9 aromatic rings. The molecule has 0 N–H and O–H groups in total. The number of allylic oxidation sites excluding steroid dienone is 4. The van der Waals surface area contributed by atoms with Gasteiger partial charge in [0.15, 0.2) is 0 Å². The first kappa shape index (κ1) is 19.6. The van der Waals surface area contributed by atoms with Crippen molar-refractivity contribution in [3.63, 3.8) is 0 Å². The van der Waals surface area contributed by atoms with Gasteiger partial charge in [-0.15, -0.1) is 0 Å². The number of fused-ring (bicyclic) bond motifs is 8. The van der Waals surface area contributed by atoms with E-state index < -0.39 is 24.2 Å². The molecule has 0 fully saturated rings. The minimum atomic E-state index is -0.433. The molecule has 0 saturated heterocycles. The summed E-state index contributed by atoms with van der Waals surface area (Å²) in [6, 6.07) is 26.6. The predicted molar refractivity (Wildman–Crippen MR) is 200 cm³/mol. The molecule has 8 aromatic carbocycles. The van der Waals surface area contributed by atoms with Crippen molar-refractivity contribution in [3.05, 3.63) is 169 Å².